The van der Waals surface area contributed by atoms with Crippen molar-refractivity contribution in [2.45, 2.75) is 6.92 Å². The summed E-state index contributed by atoms with van der Waals surface area (Å²) in [5.74, 6) is 1.08. The Labute approximate surface area is 151 Å². The molecule has 0 aromatic heterocycles. The van der Waals surface area contributed by atoms with E-state index in [1.165, 1.54) is 0 Å². The van der Waals surface area contributed by atoms with E-state index >= 15 is 0 Å². The number of hydrogen-bond acceptors (Lipinski definition) is 3. The number of nitrogens with one attached hydrogen (secondary N) is 1. The van der Waals surface area contributed by atoms with Crippen LogP contribution in [-0.4, -0.2) is 19.6 Å². The van der Waals surface area contributed by atoms with Gasteiger partial charge in [-0.15, -0.1) is 0 Å². The van der Waals surface area contributed by atoms with Crippen molar-refractivity contribution in [2.24, 2.45) is 0 Å². The molecule has 3 rings (SSSR count). The molecule has 25 heavy (non-hydrogen) atoms. The number of fused-ring (bicyclic) bond motifs is 1. The van der Waals surface area contributed by atoms with Crippen LogP contribution in [-0.2, 0) is 4.79 Å². The van der Waals surface area contributed by atoms with E-state index in [1.807, 2.05) is 37.3 Å². The molecule has 0 unspecified atom stereocenters. The summed E-state index contributed by atoms with van der Waals surface area (Å²) in [7, 11) is 1.58. The van der Waals surface area contributed by atoms with E-state index in [0.29, 0.717) is 28.7 Å². The maximum Gasteiger partial charge on any atom is 0.256 e. The number of methoxy groups -OCH3 is 1. The highest BCUT2D eigenvalue weighted by atomic mass is 35.5. The van der Waals surface area contributed by atoms with Crippen LogP contribution in [0.25, 0.3) is 11.6 Å². The topological polar surface area (TPSA) is 47.6 Å². The van der Waals surface area contributed by atoms with Gasteiger partial charge < -0.3 is 14.8 Å². The van der Waals surface area contributed by atoms with Gasteiger partial charge in [-0.3, -0.25) is 4.79 Å². The molecule has 2 aromatic rings. The van der Waals surface area contributed by atoms with E-state index in [9.17, 15) is 4.79 Å². The van der Waals surface area contributed by atoms with Crippen molar-refractivity contribution in [3.8, 4) is 11.5 Å². The van der Waals surface area contributed by atoms with Gasteiger partial charge in [-0.2, -0.15) is 0 Å². The summed E-state index contributed by atoms with van der Waals surface area (Å²) in [5, 5.41) is 3.41. The van der Waals surface area contributed by atoms with Crippen molar-refractivity contribution in [1.82, 2.24) is 0 Å². The molecule has 1 heterocycles. The van der Waals surface area contributed by atoms with Crippen molar-refractivity contribution >= 4 is 34.8 Å². The molecule has 5 heteroatoms. The number of benzene rings is 2. The maximum atomic E-state index is 12.3. The van der Waals surface area contributed by atoms with Crippen LogP contribution < -0.4 is 14.8 Å². The van der Waals surface area contributed by atoms with Gasteiger partial charge in [-0.05, 0) is 48.4 Å². The summed E-state index contributed by atoms with van der Waals surface area (Å²) in [6.07, 6.45) is 1.82. The smallest absolute Gasteiger partial charge is 0.256 e. The second kappa shape index (κ2) is 7.03. The van der Waals surface area contributed by atoms with Crippen molar-refractivity contribution in [2.75, 3.05) is 19.0 Å². The summed E-state index contributed by atoms with van der Waals surface area (Å²) in [6, 6.07) is 10.9. The lowest BCUT2D eigenvalue weighted by molar-refractivity contribution is -0.110. The van der Waals surface area contributed by atoms with Gasteiger partial charge in [-0.25, -0.2) is 0 Å². The lowest BCUT2D eigenvalue weighted by atomic mass is 10.0. The largest absolute Gasteiger partial charge is 0.493 e. The van der Waals surface area contributed by atoms with Crippen molar-refractivity contribution in [1.29, 1.82) is 0 Å². The Hall–Kier alpha value is -2.72. The number of carbonyl (C=O) groups excluding carboxylic acids is 1. The molecule has 1 N–H and O–H groups in total. The molecule has 0 fully saturated rings. The molecule has 1 aliphatic heterocycles. The minimum atomic E-state index is -0.154. The number of carbonyl (C=O) groups is 1. The molecule has 128 valence electrons. The minimum Gasteiger partial charge on any atom is -0.493 e. The maximum absolute atomic E-state index is 12.3. The molecule has 0 aliphatic carbocycles. The van der Waals surface area contributed by atoms with E-state index in [4.69, 9.17) is 21.1 Å². The Morgan fingerprint density at radius 1 is 1.24 bits per heavy atom. The van der Waals surface area contributed by atoms with Crippen LogP contribution in [0, 0.1) is 0 Å². The number of hydrogen-bond donors (Lipinski definition) is 1. The van der Waals surface area contributed by atoms with Crippen LogP contribution in [0.3, 0.4) is 0 Å². The zero-order valence-corrected chi connectivity index (χ0v) is 14.8. The van der Waals surface area contributed by atoms with E-state index < -0.39 is 0 Å². The third-order valence-electron chi connectivity index (χ3n) is 3.74. The zero-order chi connectivity index (χ0) is 18.0. The Bertz CT molecular complexity index is 887. The number of halogens is 1. The first-order chi connectivity index (χ1) is 12.0. The van der Waals surface area contributed by atoms with Crippen LogP contribution in [0.5, 0.6) is 11.5 Å². The van der Waals surface area contributed by atoms with Gasteiger partial charge in [-0.1, -0.05) is 30.3 Å². The summed E-state index contributed by atoms with van der Waals surface area (Å²) in [5.41, 5.74) is 3.90. The Balaban J connectivity index is 1.94. The highest BCUT2D eigenvalue weighted by Gasteiger charge is 2.24. The molecule has 0 atom stereocenters. The molecule has 1 aliphatic rings. The first-order valence-electron chi connectivity index (χ1n) is 7.76. The van der Waals surface area contributed by atoms with Crippen molar-refractivity contribution in [3.63, 3.8) is 0 Å². The molecular weight excluding hydrogens is 338 g/mol. The monoisotopic (exact) mass is 355 g/mol. The third-order valence-corrected chi connectivity index (χ3v) is 3.97. The fourth-order valence-corrected chi connectivity index (χ4v) is 2.74. The van der Waals surface area contributed by atoms with Gasteiger partial charge in [0.25, 0.3) is 5.91 Å². The average Bonchev–Trinajstić information content (AvgIpc) is 2.88. The van der Waals surface area contributed by atoms with Gasteiger partial charge in [0.15, 0.2) is 11.5 Å². The predicted molar refractivity (Wildman–Crippen MR) is 101 cm³/mol. The predicted octanol–water partition coefficient (Wildman–Crippen LogP) is 4.80. The van der Waals surface area contributed by atoms with Gasteiger partial charge in [0.1, 0.15) is 6.61 Å². The first kappa shape index (κ1) is 17.1. The minimum absolute atomic E-state index is 0.154. The Kier molecular flexibility index (Phi) is 4.81. The molecule has 0 radical (unpaired) electrons. The summed E-state index contributed by atoms with van der Waals surface area (Å²) >= 11 is 5.98. The van der Waals surface area contributed by atoms with Crippen LogP contribution >= 0.6 is 11.6 Å². The van der Waals surface area contributed by atoms with E-state index in [0.717, 1.165) is 22.4 Å². The van der Waals surface area contributed by atoms with Gasteiger partial charge in [0.2, 0.25) is 0 Å². The standard InChI is InChI=1S/C20H18ClNO3/c1-12(2)11-25-18-7-4-13(9-19(18)24-3)8-16-15-6-5-14(21)10-17(15)22-20(16)23/h4-10H,1,11H2,2-3H3,(H,22,23). The number of rotatable bonds is 5. The van der Waals surface area contributed by atoms with E-state index in [2.05, 4.69) is 11.9 Å². The van der Waals surface area contributed by atoms with Crippen molar-refractivity contribution < 1.29 is 14.3 Å². The Morgan fingerprint density at radius 3 is 2.76 bits per heavy atom. The molecule has 0 saturated carbocycles. The second-order valence-electron chi connectivity index (χ2n) is 5.86. The molecule has 4 nitrogen and oxygen atoms in total. The van der Waals surface area contributed by atoms with E-state index in [1.54, 1.807) is 19.2 Å². The third kappa shape index (κ3) is 3.69. The first-order valence-corrected chi connectivity index (χ1v) is 8.14. The molecule has 0 spiro atoms. The molecule has 0 bridgehead atoms. The molecular formula is C20H18ClNO3. The summed E-state index contributed by atoms with van der Waals surface area (Å²) in [6.45, 7) is 6.14. The van der Waals surface area contributed by atoms with Gasteiger partial charge >= 0.3 is 0 Å². The highest BCUT2D eigenvalue weighted by molar-refractivity contribution is 6.36. The lowest BCUT2D eigenvalue weighted by Crippen LogP contribution is -2.03. The quantitative estimate of drug-likeness (QED) is 0.619. The zero-order valence-electron chi connectivity index (χ0n) is 14.1. The summed E-state index contributed by atoms with van der Waals surface area (Å²) in [4.78, 5) is 12.3. The van der Waals surface area contributed by atoms with Crippen LogP contribution in [0.1, 0.15) is 18.1 Å². The lowest BCUT2D eigenvalue weighted by Gasteiger charge is -2.11. The fourth-order valence-electron chi connectivity index (χ4n) is 2.57. The van der Waals surface area contributed by atoms with Gasteiger partial charge in [0, 0.05) is 16.2 Å². The SMILES string of the molecule is C=C(C)COc1ccc(C=C2C(=O)Nc3cc(Cl)ccc32)cc1OC. The average molecular weight is 356 g/mol. The van der Waals surface area contributed by atoms with Crippen LogP contribution in [0.4, 0.5) is 5.69 Å². The Morgan fingerprint density at radius 2 is 2.04 bits per heavy atom. The molecule has 0 saturated heterocycles. The normalized spacial score (nSPS) is 14.2. The second-order valence-corrected chi connectivity index (χ2v) is 6.29. The van der Waals surface area contributed by atoms with E-state index in [-0.39, 0.29) is 5.91 Å². The van der Waals surface area contributed by atoms with Crippen LogP contribution in [0.2, 0.25) is 5.02 Å². The number of anilines is 1. The molecule has 1 amide bonds. The number of amides is 1. The highest BCUT2D eigenvalue weighted by Crippen LogP contribution is 2.36. The van der Waals surface area contributed by atoms with Crippen LogP contribution in [0.15, 0.2) is 48.6 Å². The molecule has 2 aromatic carbocycles. The van der Waals surface area contributed by atoms with Crippen molar-refractivity contribution in [3.05, 3.63) is 64.7 Å². The fraction of sp³-hybridized carbons (Fsp3) is 0.150. The summed E-state index contributed by atoms with van der Waals surface area (Å²) < 4.78 is 11.1. The van der Waals surface area contributed by atoms with Gasteiger partial charge in [0.05, 0.1) is 12.8 Å². The number of ether oxygens (including phenoxy) is 2.